The molecule has 1 atom stereocenters. The van der Waals surface area contributed by atoms with Crippen LogP contribution in [0.15, 0.2) is 41.1 Å². The van der Waals surface area contributed by atoms with Crippen LogP contribution >= 0.6 is 22.9 Å². The van der Waals surface area contributed by atoms with Crippen LogP contribution < -0.4 is 4.74 Å². The van der Waals surface area contributed by atoms with Crippen molar-refractivity contribution >= 4 is 22.9 Å². The Morgan fingerprint density at radius 3 is 2.71 bits per heavy atom. The fraction of sp³-hybridized carbons (Fsp3) is 0.444. The predicted molar refractivity (Wildman–Crippen MR) is 99.0 cm³/mol. The lowest BCUT2D eigenvalue weighted by molar-refractivity contribution is 0.0618. The van der Waals surface area contributed by atoms with Crippen LogP contribution in [0, 0.1) is 0 Å². The summed E-state index contributed by atoms with van der Waals surface area (Å²) in [6.07, 6.45) is 0.382. The summed E-state index contributed by atoms with van der Waals surface area (Å²) in [5.41, 5.74) is 1.27. The van der Waals surface area contributed by atoms with Gasteiger partial charge in [-0.15, -0.1) is 0 Å². The molecule has 6 heteroatoms. The molecule has 1 aromatic heterocycles. The van der Waals surface area contributed by atoms with Gasteiger partial charge in [-0.1, -0.05) is 11.6 Å². The first kappa shape index (κ1) is 19.2. The first-order valence-corrected chi connectivity index (χ1v) is 9.28. The number of halogens is 1. The van der Waals surface area contributed by atoms with Crippen molar-refractivity contribution in [3.05, 3.63) is 51.7 Å². The SMILES string of the molecule is COCCCN(Cc1ccsc1)C[C@H](O)COc1ccc(Cl)cc1. The van der Waals surface area contributed by atoms with Gasteiger partial charge in [-0.3, -0.25) is 4.90 Å². The van der Waals surface area contributed by atoms with Crippen molar-refractivity contribution in [3.8, 4) is 5.75 Å². The van der Waals surface area contributed by atoms with E-state index in [9.17, 15) is 5.11 Å². The molecule has 0 fully saturated rings. The van der Waals surface area contributed by atoms with Gasteiger partial charge in [0.1, 0.15) is 18.5 Å². The molecule has 0 aliphatic heterocycles. The Kier molecular flexibility index (Phi) is 8.56. The second-order valence-corrected chi connectivity index (χ2v) is 6.85. The van der Waals surface area contributed by atoms with Gasteiger partial charge in [-0.05, 0) is 53.1 Å². The first-order chi connectivity index (χ1) is 11.7. The fourth-order valence-electron chi connectivity index (χ4n) is 2.38. The monoisotopic (exact) mass is 369 g/mol. The fourth-order valence-corrected chi connectivity index (χ4v) is 3.17. The molecule has 132 valence electrons. The van der Waals surface area contributed by atoms with E-state index >= 15 is 0 Å². The third kappa shape index (κ3) is 7.20. The molecule has 0 aliphatic carbocycles. The Labute approximate surface area is 152 Å². The summed E-state index contributed by atoms with van der Waals surface area (Å²) < 4.78 is 10.8. The third-order valence-corrected chi connectivity index (χ3v) is 4.52. The Morgan fingerprint density at radius 2 is 2.04 bits per heavy atom. The average Bonchev–Trinajstić information content (AvgIpc) is 3.07. The van der Waals surface area contributed by atoms with Gasteiger partial charge in [0.25, 0.3) is 0 Å². The van der Waals surface area contributed by atoms with E-state index in [0.717, 1.165) is 26.1 Å². The van der Waals surface area contributed by atoms with Crippen LogP contribution in [0.1, 0.15) is 12.0 Å². The molecule has 2 aromatic rings. The predicted octanol–water partition coefficient (Wildman–Crippen LogP) is 3.68. The molecule has 0 radical (unpaired) electrons. The zero-order valence-electron chi connectivity index (χ0n) is 13.9. The number of methoxy groups -OCH3 is 1. The van der Waals surface area contributed by atoms with Gasteiger partial charge >= 0.3 is 0 Å². The van der Waals surface area contributed by atoms with Gasteiger partial charge in [0.2, 0.25) is 0 Å². The van der Waals surface area contributed by atoms with Gasteiger partial charge in [0.15, 0.2) is 0 Å². The number of aliphatic hydroxyl groups is 1. The minimum absolute atomic E-state index is 0.256. The number of nitrogens with zero attached hydrogens (tertiary/aromatic N) is 1. The maximum atomic E-state index is 10.3. The van der Waals surface area contributed by atoms with Gasteiger partial charge in [-0.25, -0.2) is 0 Å². The number of aliphatic hydroxyl groups excluding tert-OH is 1. The summed E-state index contributed by atoms with van der Waals surface area (Å²) in [5.74, 6) is 0.710. The van der Waals surface area contributed by atoms with E-state index in [0.29, 0.717) is 17.3 Å². The zero-order valence-corrected chi connectivity index (χ0v) is 15.4. The van der Waals surface area contributed by atoms with E-state index in [1.165, 1.54) is 5.56 Å². The number of hydrogen-bond acceptors (Lipinski definition) is 5. The molecule has 1 heterocycles. The number of rotatable bonds is 11. The Morgan fingerprint density at radius 1 is 1.25 bits per heavy atom. The summed E-state index contributed by atoms with van der Waals surface area (Å²) >= 11 is 7.54. The highest BCUT2D eigenvalue weighted by atomic mass is 35.5. The second kappa shape index (κ2) is 10.7. The molecule has 4 nitrogen and oxygen atoms in total. The maximum absolute atomic E-state index is 10.3. The Hall–Kier alpha value is -1.11. The molecule has 0 amide bonds. The molecule has 2 rings (SSSR count). The van der Waals surface area contributed by atoms with Crippen LogP contribution in [0.3, 0.4) is 0 Å². The van der Waals surface area contributed by atoms with E-state index in [2.05, 4.69) is 21.7 Å². The van der Waals surface area contributed by atoms with Crippen LogP contribution in [0.25, 0.3) is 0 Å². The summed E-state index contributed by atoms with van der Waals surface area (Å²) in [7, 11) is 1.71. The normalized spacial score (nSPS) is 12.5. The molecule has 0 spiro atoms. The lowest BCUT2D eigenvalue weighted by Gasteiger charge is -2.24. The Balaban J connectivity index is 1.80. The topological polar surface area (TPSA) is 41.9 Å². The lowest BCUT2D eigenvalue weighted by atomic mass is 10.2. The number of thiophene rings is 1. The molecule has 0 saturated heterocycles. The largest absolute Gasteiger partial charge is 0.491 e. The molecular formula is C18H24ClNO3S. The highest BCUT2D eigenvalue weighted by Crippen LogP contribution is 2.16. The van der Waals surface area contributed by atoms with Gasteiger partial charge in [0, 0.05) is 38.4 Å². The molecular weight excluding hydrogens is 346 g/mol. The lowest BCUT2D eigenvalue weighted by Crippen LogP contribution is -2.36. The van der Waals surface area contributed by atoms with Crippen LogP contribution in [-0.4, -0.2) is 49.5 Å². The molecule has 1 aromatic carbocycles. The van der Waals surface area contributed by atoms with Gasteiger partial charge in [-0.2, -0.15) is 11.3 Å². The van der Waals surface area contributed by atoms with Crippen LogP contribution in [-0.2, 0) is 11.3 Å². The van der Waals surface area contributed by atoms with Crippen molar-refractivity contribution in [2.75, 3.05) is 33.4 Å². The highest BCUT2D eigenvalue weighted by Gasteiger charge is 2.13. The van der Waals surface area contributed by atoms with E-state index < -0.39 is 6.10 Å². The molecule has 0 unspecified atom stereocenters. The summed E-state index contributed by atoms with van der Waals surface area (Å²) in [6.45, 7) is 3.24. The Bertz CT molecular complexity index is 562. The minimum Gasteiger partial charge on any atom is -0.491 e. The smallest absolute Gasteiger partial charge is 0.119 e. The number of ether oxygens (including phenoxy) is 2. The molecule has 0 bridgehead atoms. The third-order valence-electron chi connectivity index (χ3n) is 3.53. The highest BCUT2D eigenvalue weighted by molar-refractivity contribution is 7.07. The van der Waals surface area contributed by atoms with Crippen LogP contribution in [0.2, 0.25) is 5.02 Å². The maximum Gasteiger partial charge on any atom is 0.119 e. The van der Waals surface area contributed by atoms with Crippen LogP contribution in [0.4, 0.5) is 0 Å². The standard InChI is InChI=1S/C18H24ClNO3S/c1-22-9-2-8-20(11-15-7-10-24-14-15)12-17(21)13-23-18-5-3-16(19)4-6-18/h3-7,10,14,17,21H,2,8-9,11-13H2,1H3/t17-/m0/s1. The summed E-state index contributed by atoms with van der Waals surface area (Å²) in [5, 5.41) is 15.2. The van der Waals surface area contributed by atoms with E-state index in [-0.39, 0.29) is 6.61 Å². The van der Waals surface area contributed by atoms with Crippen molar-refractivity contribution < 1.29 is 14.6 Å². The van der Waals surface area contributed by atoms with E-state index in [4.69, 9.17) is 21.1 Å². The zero-order chi connectivity index (χ0) is 17.2. The van der Waals surface area contributed by atoms with Crippen LogP contribution in [0.5, 0.6) is 5.75 Å². The van der Waals surface area contributed by atoms with Gasteiger partial charge < -0.3 is 14.6 Å². The molecule has 0 saturated carbocycles. The van der Waals surface area contributed by atoms with Crippen molar-refractivity contribution in [1.29, 1.82) is 0 Å². The van der Waals surface area contributed by atoms with Crippen molar-refractivity contribution in [2.24, 2.45) is 0 Å². The van der Waals surface area contributed by atoms with E-state index in [1.807, 2.05) is 0 Å². The minimum atomic E-state index is -0.554. The molecule has 24 heavy (non-hydrogen) atoms. The molecule has 0 aliphatic rings. The van der Waals surface area contributed by atoms with Crippen molar-refractivity contribution in [3.63, 3.8) is 0 Å². The van der Waals surface area contributed by atoms with Crippen molar-refractivity contribution in [1.82, 2.24) is 4.90 Å². The number of hydrogen-bond donors (Lipinski definition) is 1. The second-order valence-electron chi connectivity index (χ2n) is 5.63. The average molecular weight is 370 g/mol. The van der Waals surface area contributed by atoms with Crippen molar-refractivity contribution in [2.45, 2.75) is 19.1 Å². The van der Waals surface area contributed by atoms with E-state index in [1.54, 1.807) is 42.7 Å². The summed E-state index contributed by atoms with van der Waals surface area (Å²) in [4.78, 5) is 2.23. The van der Waals surface area contributed by atoms with Gasteiger partial charge in [0.05, 0.1) is 0 Å². The molecule has 1 N–H and O–H groups in total. The number of benzene rings is 1. The first-order valence-electron chi connectivity index (χ1n) is 7.96. The quantitative estimate of drug-likeness (QED) is 0.613. The summed E-state index contributed by atoms with van der Waals surface area (Å²) in [6, 6.07) is 9.27.